The summed E-state index contributed by atoms with van der Waals surface area (Å²) in [5.41, 5.74) is 0. The Morgan fingerprint density at radius 3 is 2.53 bits per heavy atom. The Balaban J connectivity index is 2.86. The van der Waals surface area contributed by atoms with Crippen LogP contribution in [0.25, 0.3) is 0 Å². The van der Waals surface area contributed by atoms with E-state index < -0.39 is 18.0 Å². The molecule has 0 unspecified atom stereocenters. The van der Waals surface area contributed by atoms with Crippen molar-refractivity contribution < 1.29 is 22.7 Å². The van der Waals surface area contributed by atoms with Crippen LogP contribution in [0.3, 0.4) is 0 Å². The highest BCUT2D eigenvalue weighted by Gasteiger charge is 2.35. The largest absolute Gasteiger partial charge is 0.465 e. The number of carbonyl (C=O) groups is 1. The monoisotopic (exact) mass is 278 g/mol. The Bertz CT molecular complexity index is 451. The molecule has 1 aromatic rings. The normalized spacial score (nSPS) is 11.0. The van der Waals surface area contributed by atoms with E-state index in [-0.39, 0.29) is 24.8 Å². The van der Waals surface area contributed by atoms with Crippen LogP contribution in [0.15, 0.2) is 6.07 Å². The van der Waals surface area contributed by atoms with Gasteiger partial charge >= 0.3 is 12.1 Å². The summed E-state index contributed by atoms with van der Waals surface area (Å²) in [6.07, 6.45) is -4.66. The van der Waals surface area contributed by atoms with E-state index >= 15 is 0 Å². The Morgan fingerprint density at radius 1 is 1.37 bits per heavy atom. The van der Waals surface area contributed by atoms with Crippen molar-refractivity contribution in [2.75, 3.05) is 30.8 Å². The highest BCUT2D eigenvalue weighted by atomic mass is 19.4. The van der Waals surface area contributed by atoms with Crippen molar-refractivity contribution in [2.45, 2.75) is 13.1 Å². The second-order valence-corrected chi connectivity index (χ2v) is 3.37. The van der Waals surface area contributed by atoms with Crippen molar-refractivity contribution in [3.63, 3.8) is 0 Å². The lowest BCUT2D eigenvalue weighted by Crippen LogP contribution is -2.19. The van der Waals surface area contributed by atoms with Crippen LogP contribution in [0.2, 0.25) is 0 Å². The molecule has 0 saturated heterocycles. The molecule has 0 bridgehead atoms. The maximum absolute atomic E-state index is 12.5. The fourth-order valence-corrected chi connectivity index (χ4v) is 1.17. The smallest absolute Gasteiger partial charge is 0.451 e. The predicted molar refractivity (Wildman–Crippen MR) is 61.7 cm³/mol. The quantitative estimate of drug-likeness (QED) is 0.795. The van der Waals surface area contributed by atoms with Gasteiger partial charge in [-0.15, -0.1) is 0 Å². The van der Waals surface area contributed by atoms with Crippen LogP contribution in [-0.4, -0.2) is 36.1 Å². The number of carbonyl (C=O) groups excluding carboxylic acids is 1. The summed E-state index contributed by atoms with van der Waals surface area (Å²) in [6, 6.07) is 1.26. The van der Waals surface area contributed by atoms with Crippen LogP contribution in [0, 0.1) is 0 Å². The van der Waals surface area contributed by atoms with Gasteiger partial charge in [0, 0.05) is 13.1 Å². The highest BCUT2D eigenvalue weighted by Crippen LogP contribution is 2.28. The van der Waals surface area contributed by atoms with E-state index in [4.69, 9.17) is 0 Å². The fourth-order valence-electron chi connectivity index (χ4n) is 1.17. The zero-order chi connectivity index (χ0) is 14.5. The van der Waals surface area contributed by atoms with Crippen molar-refractivity contribution in [1.82, 2.24) is 9.97 Å². The number of alkyl halides is 3. The number of anilines is 2. The first-order valence-corrected chi connectivity index (χ1v) is 5.40. The van der Waals surface area contributed by atoms with Crippen LogP contribution >= 0.6 is 0 Å². The zero-order valence-electron chi connectivity index (χ0n) is 10.3. The average Bonchev–Trinajstić information content (AvgIpc) is 2.35. The van der Waals surface area contributed by atoms with Gasteiger partial charge in [0.1, 0.15) is 18.2 Å². The van der Waals surface area contributed by atoms with Gasteiger partial charge < -0.3 is 15.4 Å². The molecule has 0 fully saturated rings. The predicted octanol–water partition coefficient (Wildman–Crippen LogP) is 1.51. The van der Waals surface area contributed by atoms with Gasteiger partial charge in [0.2, 0.25) is 5.82 Å². The van der Waals surface area contributed by atoms with E-state index in [9.17, 15) is 18.0 Å². The van der Waals surface area contributed by atoms with Gasteiger partial charge in [0.15, 0.2) is 0 Å². The second kappa shape index (κ2) is 6.21. The molecule has 0 atom stereocenters. The van der Waals surface area contributed by atoms with Gasteiger partial charge in [0.05, 0.1) is 6.61 Å². The number of esters is 1. The Hall–Kier alpha value is -2.06. The molecule has 0 aliphatic heterocycles. The minimum atomic E-state index is -4.66. The summed E-state index contributed by atoms with van der Waals surface area (Å²) in [5.74, 6) is -1.99. The maximum Gasteiger partial charge on any atom is 0.451 e. The van der Waals surface area contributed by atoms with Crippen LogP contribution in [0.4, 0.5) is 24.8 Å². The Kier molecular flexibility index (Phi) is 4.90. The minimum Gasteiger partial charge on any atom is -0.465 e. The molecule has 1 heterocycles. The standard InChI is InChI=1S/C10H13F3N4O2/c1-3-19-8(18)5-15-7-4-6(14-2)16-9(17-7)10(11,12)13/h4H,3,5H2,1-2H3,(H2,14,15,16,17). The van der Waals surface area contributed by atoms with Gasteiger partial charge in [-0.1, -0.05) is 0 Å². The van der Waals surface area contributed by atoms with Crippen molar-refractivity contribution in [3.8, 4) is 0 Å². The molecule has 1 rings (SSSR count). The third kappa shape index (κ3) is 4.60. The third-order valence-electron chi connectivity index (χ3n) is 1.96. The molecule has 1 aromatic heterocycles. The second-order valence-electron chi connectivity index (χ2n) is 3.37. The number of hydrogen-bond donors (Lipinski definition) is 2. The molecular weight excluding hydrogens is 265 g/mol. The molecule has 0 amide bonds. The molecule has 0 spiro atoms. The molecule has 19 heavy (non-hydrogen) atoms. The van der Waals surface area contributed by atoms with Crippen LogP contribution in [-0.2, 0) is 15.7 Å². The summed E-state index contributed by atoms with van der Waals surface area (Å²) in [6.45, 7) is 1.55. The van der Waals surface area contributed by atoms with Gasteiger partial charge in [-0.05, 0) is 6.92 Å². The van der Waals surface area contributed by atoms with Crippen LogP contribution in [0.5, 0.6) is 0 Å². The summed E-state index contributed by atoms with van der Waals surface area (Å²) in [4.78, 5) is 17.7. The number of ether oxygens (including phenoxy) is 1. The lowest BCUT2D eigenvalue weighted by Gasteiger charge is -2.11. The molecule has 6 nitrogen and oxygen atoms in total. The lowest BCUT2D eigenvalue weighted by atomic mass is 10.4. The van der Waals surface area contributed by atoms with E-state index in [1.54, 1.807) is 6.92 Å². The molecule has 2 N–H and O–H groups in total. The molecule has 0 aliphatic rings. The van der Waals surface area contributed by atoms with Crippen molar-refractivity contribution >= 4 is 17.6 Å². The van der Waals surface area contributed by atoms with Crippen molar-refractivity contribution in [2.24, 2.45) is 0 Å². The number of nitrogens with one attached hydrogen (secondary N) is 2. The first kappa shape index (κ1) is 15.0. The van der Waals surface area contributed by atoms with Gasteiger partial charge in [-0.2, -0.15) is 13.2 Å². The number of halogens is 3. The number of rotatable bonds is 5. The summed E-state index contributed by atoms with van der Waals surface area (Å²) in [5, 5.41) is 4.94. The van der Waals surface area contributed by atoms with E-state index in [0.717, 1.165) is 0 Å². The van der Waals surface area contributed by atoms with Crippen LogP contribution in [0.1, 0.15) is 12.7 Å². The van der Waals surface area contributed by atoms with E-state index in [1.807, 2.05) is 0 Å². The zero-order valence-corrected chi connectivity index (χ0v) is 10.3. The Morgan fingerprint density at radius 2 is 2.00 bits per heavy atom. The van der Waals surface area contributed by atoms with E-state index in [0.29, 0.717) is 0 Å². The average molecular weight is 278 g/mol. The molecule has 0 saturated carbocycles. The van der Waals surface area contributed by atoms with E-state index in [2.05, 4.69) is 25.3 Å². The van der Waals surface area contributed by atoms with Crippen LogP contribution < -0.4 is 10.6 Å². The molecule has 106 valence electrons. The van der Waals surface area contributed by atoms with Gasteiger partial charge in [0.25, 0.3) is 0 Å². The SMILES string of the molecule is CCOC(=O)CNc1cc(NC)nc(C(F)(F)F)n1. The molecular formula is C10H13F3N4O2. The molecule has 0 aliphatic carbocycles. The Labute approximate surface area is 107 Å². The van der Waals surface area contributed by atoms with Gasteiger partial charge in [-0.25, -0.2) is 9.97 Å². The summed E-state index contributed by atoms with van der Waals surface area (Å²) >= 11 is 0. The summed E-state index contributed by atoms with van der Waals surface area (Å²) in [7, 11) is 1.43. The third-order valence-corrected chi connectivity index (χ3v) is 1.96. The first-order valence-electron chi connectivity index (χ1n) is 5.40. The highest BCUT2D eigenvalue weighted by molar-refractivity contribution is 5.74. The van der Waals surface area contributed by atoms with E-state index in [1.165, 1.54) is 13.1 Å². The summed E-state index contributed by atoms with van der Waals surface area (Å²) < 4.78 is 42.2. The molecule has 0 aromatic carbocycles. The number of aromatic nitrogens is 2. The lowest BCUT2D eigenvalue weighted by molar-refractivity contribution is -0.144. The fraction of sp³-hybridized carbons (Fsp3) is 0.500. The van der Waals surface area contributed by atoms with Gasteiger partial charge in [-0.3, -0.25) is 4.79 Å². The number of nitrogens with zero attached hydrogens (tertiary/aromatic N) is 2. The molecule has 9 heteroatoms. The maximum atomic E-state index is 12.5. The first-order chi connectivity index (χ1) is 8.86. The topological polar surface area (TPSA) is 76.1 Å². The number of hydrogen-bond acceptors (Lipinski definition) is 6. The van der Waals surface area contributed by atoms with Crippen molar-refractivity contribution in [1.29, 1.82) is 0 Å². The van der Waals surface area contributed by atoms with Crippen molar-refractivity contribution in [3.05, 3.63) is 11.9 Å². The molecule has 0 radical (unpaired) electrons. The minimum absolute atomic E-state index is 0.00585.